The maximum Gasteiger partial charge on any atom is 0.321 e. The van der Waals surface area contributed by atoms with Gasteiger partial charge in [0, 0.05) is 31.0 Å². The minimum atomic E-state index is -0.488. The van der Waals surface area contributed by atoms with E-state index in [0.29, 0.717) is 28.4 Å². The van der Waals surface area contributed by atoms with Crippen LogP contribution in [0, 0.1) is 12.7 Å². The summed E-state index contributed by atoms with van der Waals surface area (Å²) in [6.45, 7) is 5.90. The summed E-state index contributed by atoms with van der Waals surface area (Å²) >= 11 is 1.00. The summed E-state index contributed by atoms with van der Waals surface area (Å²) in [5, 5.41) is 9.40. The van der Waals surface area contributed by atoms with Crippen molar-refractivity contribution in [2.45, 2.75) is 39.8 Å². The Morgan fingerprint density at radius 2 is 2.10 bits per heavy atom. The number of amides is 3. The smallest absolute Gasteiger partial charge is 0.321 e. The zero-order chi connectivity index (χ0) is 22.5. The first-order valence-corrected chi connectivity index (χ1v) is 10.4. The van der Waals surface area contributed by atoms with Crippen molar-refractivity contribution in [3.05, 3.63) is 58.5 Å². The lowest BCUT2D eigenvalue weighted by atomic mass is 10.0. The lowest BCUT2D eigenvalue weighted by Gasteiger charge is -2.15. The maximum atomic E-state index is 13.2. The number of carbonyl (C=O) groups is 2. The van der Waals surface area contributed by atoms with Crippen LogP contribution in [0.2, 0.25) is 0 Å². The number of hydrogen-bond acceptors (Lipinski definition) is 7. The average molecular weight is 447 g/mol. The Hall–Kier alpha value is -3.34. The fourth-order valence-electron chi connectivity index (χ4n) is 2.86. The Balaban J connectivity index is 1.56. The van der Waals surface area contributed by atoms with Gasteiger partial charge in [-0.25, -0.2) is 14.2 Å². The second-order valence-corrected chi connectivity index (χ2v) is 8.03. The molecule has 0 saturated heterocycles. The monoisotopic (exact) mass is 446 g/mol. The van der Waals surface area contributed by atoms with E-state index in [1.165, 1.54) is 17.0 Å². The predicted molar refractivity (Wildman–Crippen MR) is 113 cm³/mol. The second-order valence-electron chi connectivity index (χ2n) is 7.28. The number of aromatic nitrogens is 3. The molecule has 2 N–H and O–H groups in total. The van der Waals surface area contributed by atoms with Crippen LogP contribution >= 0.6 is 11.5 Å². The van der Waals surface area contributed by atoms with E-state index in [9.17, 15) is 14.0 Å². The first-order valence-electron chi connectivity index (χ1n) is 9.58. The molecular formula is C20H23FN6O3S. The summed E-state index contributed by atoms with van der Waals surface area (Å²) in [5.41, 5.74) is 1.62. The molecule has 3 aromatic rings. The zero-order valence-corrected chi connectivity index (χ0v) is 18.4. The number of aryl methyl sites for hydroxylation is 1. The topological polar surface area (TPSA) is 113 Å². The number of benzene rings is 1. The van der Waals surface area contributed by atoms with Crippen LogP contribution in [0.4, 0.5) is 14.3 Å². The Morgan fingerprint density at radius 3 is 2.81 bits per heavy atom. The third-order valence-electron chi connectivity index (χ3n) is 4.38. The highest BCUT2D eigenvalue weighted by molar-refractivity contribution is 7.09. The van der Waals surface area contributed by atoms with Crippen molar-refractivity contribution >= 4 is 28.6 Å². The number of halogens is 1. The van der Waals surface area contributed by atoms with Crippen LogP contribution in [0.15, 0.2) is 28.8 Å². The molecule has 0 fully saturated rings. The summed E-state index contributed by atoms with van der Waals surface area (Å²) in [7, 11) is 1.64. The van der Waals surface area contributed by atoms with Crippen LogP contribution in [-0.4, -0.2) is 38.4 Å². The van der Waals surface area contributed by atoms with Gasteiger partial charge in [-0.3, -0.25) is 10.1 Å². The van der Waals surface area contributed by atoms with Gasteiger partial charge in [0.05, 0.1) is 12.2 Å². The van der Waals surface area contributed by atoms with Gasteiger partial charge < -0.3 is 14.7 Å². The van der Waals surface area contributed by atoms with E-state index < -0.39 is 6.03 Å². The van der Waals surface area contributed by atoms with Crippen LogP contribution in [-0.2, 0) is 13.1 Å². The molecule has 3 rings (SSSR count). The van der Waals surface area contributed by atoms with Gasteiger partial charge in [-0.05, 0) is 24.6 Å². The molecule has 0 radical (unpaired) electrons. The molecule has 0 bridgehead atoms. The third kappa shape index (κ3) is 5.63. The number of rotatable bonds is 7. The molecule has 3 amide bonds. The van der Waals surface area contributed by atoms with E-state index in [1.807, 2.05) is 13.8 Å². The first-order chi connectivity index (χ1) is 14.7. The van der Waals surface area contributed by atoms with Gasteiger partial charge in [0.2, 0.25) is 5.13 Å². The van der Waals surface area contributed by atoms with E-state index in [1.54, 1.807) is 26.1 Å². The molecule has 0 aliphatic heterocycles. The van der Waals surface area contributed by atoms with E-state index in [0.717, 1.165) is 11.5 Å². The summed E-state index contributed by atoms with van der Waals surface area (Å²) in [6.07, 6.45) is 0. The minimum Gasteiger partial charge on any atom is -0.360 e. The van der Waals surface area contributed by atoms with Crippen molar-refractivity contribution in [3.63, 3.8) is 0 Å². The average Bonchev–Trinajstić information content (AvgIpc) is 3.32. The molecular weight excluding hydrogens is 423 g/mol. The van der Waals surface area contributed by atoms with Gasteiger partial charge in [-0.2, -0.15) is 4.37 Å². The molecule has 31 heavy (non-hydrogen) atoms. The number of carbonyl (C=O) groups excluding carboxylic acids is 2. The standard InChI is InChI=1S/C20H23FN6O3S/c1-11(2)17-16(12(3)25-30-17)18(28)27(4)10-15-23-20(31-26-15)24-19(29)22-9-13-6-5-7-14(21)8-13/h5-8,11H,9-10H2,1-4H3,(H2,22,23,24,26,29). The molecule has 0 unspecified atom stereocenters. The Kier molecular flexibility index (Phi) is 6.95. The van der Waals surface area contributed by atoms with Crippen molar-refractivity contribution in [1.29, 1.82) is 0 Å². The van der Waals surface area contributed by atoms with Gasteiger partial charge in [-0.1, -0.05) is 31.1 Å². The highest BCUT2D eigenvalue weighted by atomic mass is 32.1. The zero-order valence-electron chi connectivity index (χ0n) is 17.6. The number of nitrogens with one attached hydrogen (secondary N) is 2. The van der Waals surface area contributed by atoms with Gasteiger partial charge in [0.15, 0.2) is 11.6 Å². The van der Waals surface area contributed by atoms with E-state index in [2.05, 4.69) is 25.1 Å². The van der Waals surface area contributed by atoms with E-state index in [4.69, 9.17) is 4.52 Å². The van der Waals surface area contributed by atoms with Crippen molar-refractivity contribution in [1.82, 2.24) is 24.7 Å². The molecule has 2 aromatic heterocycles. The lowest BCUT2D eigenvalue weighted by molar-refractivity contribution is 0.0778. The molecule has 11 heteroatoms. The molecule has 164 valence electrons. The van der Waals surface area contributed by atoms with Crippen LogP contribution in [0.25, 0.3) is 0 Å². The number of urea groups is 1. The maximum absolute atomic E-state index is 13.2. The summed E-state index contributed by atoms with van der Waals surface area (Å²) in [6, 6.07) is 5.48. The molecule has 0 spiro atoms. The van der Waals surface area contributed by atoms with Crippen molar-refractivity contribution < 1.29 is 18.5 Å². The van der Waals surface area contributed by atoms with Gasteiger partial charge in [0.1, 0.15) is 11.4 Å². The van der Waals surface area contributed by atoms with Crippen molar-refractivity contribution in [2.24, 2.45) is 0 Å². The molecule has 2 heterocycles. The Labute approximate surface area is 182 Å². The van der Waals surface area contributed by atoms with Crippen LogP contribution in [0.1, 0.15) is 53.0 Å². The highest BCUT2D eigenvalue weighted by Gasteiger charge is 2.25. The summed E-state index contributed by atoms with van der Waals surface area (Å²) in [4.78, 5) is 30.6. The summed E-state index contributed by atoms with van der Waals surface area (Å²) in [5.74, 6) is 0.348. The number of nitrogens with zero attached hydrogens (tertiary/aromatic N) is 4. The van der Waals surface area contributed by atoms with Gasteiger partial charge in [0.25, 0.3) is 5.91 Å². The van der Waals surface area contributed by atoms with Crippen LogP contribution in [0.5, 0.6) is 0 Å². The largest absolute Gasteiger partial charge is 0.360 e. The highest BCUT2D eigenvalue weighted by Crippen LogP contribution is 2.24. The van der Waals surface area contributed by atoms with Crippen molar-refractivity contribution in [2.75, 3.05) is 12.4 Å². The minimum absolute atomic E-state index is 0.0210. The van der Waals surface area contributed by atoms with Gasteiger partial charge in [-0.15, -0.1) is 0 Å². The summed E-state index contributed by atoms with van der Waals surface area (Å²) < 4.78 is 22.7. The fraction of sp³-hybridized carbons (Fsp3) is 0.350. The molecule has 0 aliphatic carbocycles. The molecule has 0 atom stereocenters. The molecule has 9 nitrogen and oxygen atoms in total. The molecule has 1 aromatic carbocycles. The SMILES string of the molecule is Cc1noc(C(C)C)c1C(=O)N(C)Cc1nsc(NC(=O)NCc2cccc(F)c2)n1. The van der Waals surface area contributed by atoms with Crippen molar-refractivity contribution in [3.8, 4) is 0 Å². The van der Waals surface area contributed by atoms with Crippen LogP contribution in [0.3, 0.4) is 0 Å². The predicted octanol–water partition coefficient (Wildman–Crippen LogP) is 3.69. The fourth-order valence-corrected chi connectivity index (χ4v) is 3.43. The number of hydrogen-bond donors (Lipinski definition) is 2. The van der Waals surface area contributed by atoms with Gasteiger partial charge >= 0.3 is 6.03 Å². The van der Waals surface area contributed by atoms with Crippen LogP contribution < -0.4 is 10.6 Å². The quantitative estimate of drug-likeness (QED) is 0.572. The van der Waals surface area contributed by atoms with E-state index in [-0.39, 0.29) is 35.9 Å². The molecule has 0 aliphatic rings. The van der Waals surface area contributed by atoms with E-state index >= 15 is 0 Å². The lowest BCUT2D eigenvalue weighted by Crippen LogP contribution is -2.29. The second kappa shape index (κ2) is 9.65. The normalized spacial score (nSPS) is 10.9. The third-order valence-corrected chi connectivity index (χ3v) is 5.05. The first kappa shape index (κ1) is 22.3. The number of anilines is 1. The Morgan fingerprint density at radius 1 is 1.32 bits per heavy atom. The molecule has 0 saturated carbocycles. The Bertz CT molecular complexity index is 1080.